The van der Waals surface area contributed by atoms with Crippen LogP contribution in [-0.2, 0) is 14.4 Å². The molecule has 1 heterocycles. The number of benzene rings is 1. The molecule has 11 heteroatoms. The highest BCUT2D eigenvalue weighted by atomic mass is 19.1. The minimum Gasteiger partial charge on any atom is -0.496 e. The smallest absolute Gasteiger partial charge is 0.277 e. The van der Waals surface area contributed by atoms with E-state index in [0.717, 1.165) is 6.07 Å². The minimum absolute atomic E-state index is 0.0273. The molecule has 0 saturated carbocycles. The number of ether oxygens (including phenoxy) is 1. The Kier molecular flexibility index (Phi) is 9.66. The van der Waals surface area contributed by atoms with Gasteiger partial charge in [-0.15, -0.1) is 0 Å². The molecule has 2 amide bonds. The molecule has 0 radical (unpaired) electrons. The lowest BCUT2D eigenvalue weighted by molar-refractivity contribution is -0.166. The van der Waals surface area contributed by atoms with Gasteiger partial charge >= 0.3 is 0 Å². The maximum absolute atomic E-state index is 13.8. The van der Waals surface area contributed by atoms with Crippen molar-refractivity contribution in [1.82, 2.24) is 20.6 Å². The van der Waals surface area contributed by atoms with E-state index in [0.29, 0.717) is 0 Å². The van der Waals surface area contributed by atoms with E-state index >= 15 is 0 Å². The number of carbonyl (C=O) groups is 2. The summed E-state index contributed by atoms with van der Waals surface area (Å²) in [4.78, 5) is 32.9. The van der Waals surface area contributed by atoms with Crippen LogP contribution in [0.15, 0.2) is 30.1 Å². The molecule has 34 heavy (non-hydrogen) atoms. The van der Waals surface area contributed by atoms with Gasteiger partial charge in [-0.1, -0.05) is 13.8 Å². The summed E-state index contributed by atoms with van der Waals surface area (Å²) in [7, 11) is 1.40. The van der Waals surface area contributed by atoms with Crippen LogP contribution in [0.3, 0.4) is 0 Å². The number of hydrogen-bond acceptors (Lipinski definition) is 8. The van der Waals surface area contributed by atoms with Gasteiger partial charge in [-0.2, -0.15) is 0 Å². The third-order valence-electron chi connectivity index (χ3n) is 5.22. The molecule has 0 aromatic heterocycles. The van der Waals surface area contributed by atoms with E-state index in [-0.39, 0.29) is 48.0 Å². The Morgan fingerprint density at radius 3 is 2.50 bits per heavy atom. The van der Waals surface area contributed by atoms with Crippen molar-refractivity contribution in [3.63, 3.8) is 0 Å². The molecule has 3 atom stereocenters. The van der Waals surface area contributed by atoms with Crippen molar-refractivity contribution in [2.75, 3.05) is 20.2 Å². The predicted octanol–water partition coefficient (Wildman–Crippen LogP) is 1.22. The second-order valence-corrected chi connectivity index (χ2v) is 8.72. The average molecular weight is 483 g/mol. The molecular weight excluding hydrogens is 447 g/mol. The lowest BCUT2D eigenvalue weighted by Gasteiger charge is -2.43. The number of aliphatic hydroxyl groups is 2. The van der Waals surface area contributed by atoms with Crippen molar-refractivity contribution in [3.05, 3.63) is 41.5 Å². The van der Waals surface area contributed by atoms with Crippen LogP contribution in [0.5, 0.6) is 5.75 Å². The molecule has 2 rings (SSSR count). The summed E-state index contributed by atoms with van der Waals surface area (Å²) in [6.45, 7) is 8.63. The zero-order valence-corrected chi connectivity index (χ0v) is 20.4. The van der Waals surface area contributed by atoms with Gasteiger partial charge < -0.3 is 25.2 Å². The molecule has 1 aliphatic heterocycles. The first-order valence-electron chi connectivity index (χ1n) is 11.1. The van der Waals surface area contributed by atoms with E-state index in [4.69, 9.17) is 9.57 Å². The van der Waals surface area contributed by atoms with Gasteiger partial charge in [-0.05, 0) is 39.0 Å². The van der Waals surface area contributed by atoms with Gasteiger partial charge in [-0.25, -0.2) is 4.39 Å². The van der Waals surface area contributed by atoms with Crippen LogP contribution in [0, 0.1) is 11.7 Å². The molecule has 10 nitrogen and oxygen atoms in total. The largest absolute Gasteiger partial charge is 0.496 e. The highest BCUT2D eigenvalue weighted by Gasteiger charge is 2.38. The monoisotopic (exact) mass is 482 g/mol. The molecule has 0 bridgehead atoms. The van der Waals surface area contributed by atoms with Crippen molar-refractivity contribution in [2.24, 2.45) is 5.92 Å². The number of nitrogens with zero attached hydrogens (tertiary/aromatic N) is 2. The first-order chi connectivity index (χ1) is 16.0. The highest BCUT2D eigenvalue weighted by molar-refractivity contribution is 5.93. The molecule has 0 saturated heterocycles. The van der Waals surface area contributed by atoms with E-state index in [1.54, 1.807) is 34.6 Å². The van der Waals surface area contributed by atoms with Crippen LogP contribution in [0.1, 0.15) is 46.3 Å². The van der Waals surface area contributed by atoms with Crippen molar-refractivity contribution >= 4 is 11.8 Å². The third kappa shape index (κ3) is 6.81. The van der Waals surface area contributed by atoms with Crippen molar-refractivity contribution in [2.45, 2.75) is 59.2 Å². The number of amides is 2. The van der Waals surface area contributed by atoms with Gasteiger partial charge in [0, 0.05) is 24.2 Å². The summed E-state index contributed by atoms with van der Waals surface area (Å²) < 4.78 is 19.0. The Balaban J connectivity index is 2.30. The van der Waals surface area contributed by atoms with E-state index in [1.165, 1.54) is 35.2 Å². The van der Waals surface area contributed by atoms with Crippen molar-refractivity contribution in [1.29, 1.82) is 0 Å². The summed E-state index contributed by atoms with van der Waals surface area (Å²) in [6, 6.07) is 3.16. The number of rotatable bonds is 11. The fourth-order valence-corrected chi connectivity index (χ4v) is 3.33. The topological polar surface area (TPSA) is 124 Å². The first kappa shape index (κ1) is 27.4. The van der Waals surface area contributed by atoms with E-state index in [1.807, 2.05) is 0 Å². The van der Waals surface area contributed by atoms with E-state index in [2.05, 4.69) is 10.8 Å². The average Bonchev–Trinajstić information content (AvgIpc) is 2.78. The normalized spacial score (nSPS) is 18.1. The maximum atomic E-state index is 13.8. The zero-order valence-electron chi connectivity index (χ0n) is 20.4. The van der Waals surface area contributed by atoms with Crippen LogP contribution in [-0.4, -0.2) is 70.5 Å². The van der Waals surface area contributed by atoms with Crippen LogP contribution in [0.2, 0.25) is 0 Å². The van der Waals surface area contributed by atoms with E-state index < -0.39 is 30.2 Å². The van der Waals surface area contributed by atoms with Gasteiger partial charge in [-0.3, -0.25) is 24.8 Å². The lowest BCUT2D eigenvalue weighted by Crippen LogP contribution is -2.60. The maximum Gasteiger partial charge on any atom is 0.277 e. The first-order valence-corrected chi connectivity index (χ1v) is 11.1. The summed E-state index contributed by atoms with van der Waals surface area (Å²) in [6.07, 6.45) is -1.63. The number of carbonyl (C=O) groups excluding carboxylic acids is 2. The molecule has 4 N–H and O–H groups in total. The summed E-state index contributed by atoms with van der Waals surface area (Å²) in [5, 5.41) is 24.6. The number of aliphatic hydroxyl groups excluding tert-OH is 2. The summed E-state index contributed by atoms with van der Waals surface area (Å²) in [5.74, 6) is -1.24. The number of β-amino-alcohol motifs (C(OH)–C–C–N with tert-alkyl or cyclic N) is 1. The molecule has 0 fully saturated rings. The molecular formula is C23H35FN4O6. The third-order valence-corrected chi connectivity index (χ3v) is 5.22. The summed E-state index contributed by atoms with van der Waals surface area (Å²) >= 11 is 0. The highest BCUT2D eigenvalue weighted by Crippen LogP contribution is 2.29. The Morgan fingerprint density at radius 1 is 1.24 bits per heavy atom. The van der Waals surface area contributed by atoms with Gasteiger partial charge in [0.1, 0.15) is 23.4 Å². The molecule has 1 aliphatic rings. The zero-order chi connectivity index (χ0) is 25.6. The molecule has 3 unspecified atom stereocenters. The molecule has 1 aromatic rings. The number of hydroxylamine groups is 1. The van der Waals surface area contributed by atoms with Crippen LogP contribution < -0.4 is 15.5 Å². The molecule has 0 aliphatic carbocycles. The Labute approximate surface area is 199 Å². The minimum atomic E-state index is -1.46. The fourth-order valence-electron chi connectivity index (χ4n) is 3.33. The second-order valence-electron chi connectivity index (χ2n) is 8.72. The number of methoxy groups -OCH3 is 1. The van der Waals surface area contributed by atoms with Crippen LogP contribution in [0.4, 0.5) is 4.39 Å². The summed E-state index contributed by atoms with van der Waals surface area (Å²) in [5.41, 5.74) is 2.82. The van der Waals surface area contributed by atoms with Crippen molar-refractivity contribution < 1.29 is 33.8 Å². The predicted molar refractivity (Wildman–Crippen MR) is 122 cm³/mol. The number of halogens is 1. The van der Waals surface area contributed by atoms with Crippen LogP contribution in [0.25, 0.3) is 0 Å². The van der Waals surface area contributed by atoms with Gasteiger partial charge in [0.25, 0.3) is 5.91 Å². The fraction of sp³-hybridized carbons (Fsp3) is 0.565. The quantitative estimate of drug-likeness (QED) is 0.347. The molecule has 1 aromatic carbocycles. The number of nitrogens with one attached hydrogen (secondary N) is 2. The Morgan fingerprint density at radius 2 is 1.91 bits per heavy atom. The molecule has 190 valence electrons. The van der Waals surface area contributed by atoms with Gasteiger partial charge in [0.2, 0.25) is 12.3 Å². The van der Waals surface area contributed by atoms with Gasteiger partial charge in [0.05, 0.1) is 25.8 Å². The second kappa shape index (κ2) is 12.0. The molecule has 0 spiro atoms. The van der Waals surface area contributed by atoms with Crippen molar-refractivity contribution in [3.8, 4) is 5.75 Å². The Hall–Kier alpha value is -2.89. The van der Waals surface area contributed by atoms with Crippen LogP contribution >= 0.6 is 0 Å². The SMILES string of the molecule is COc1ccc(F)cc1C(O)CN1C=C(NOC(C)C)C(=O)N(C(C)CNC(=O)C(C)C)C1O. The lowest BCUT2D eigenvalue weighted by atomic mass is 10.1. The van der Waals surface area contributed by atoms with Gasteiger partial charge in [0.15, 0.2) is 0 Å². The van der Waals surface area contributed by atoms with E-state index in [9.17, 15) is 24.2 Å². The standard InChI is InChI=1S/C23H35FN4O6/c1-13(2)21(30)25-10-15(5)28-22(31)18(26-34-14(3)4)11-27(23(28)32)12-19(29)17-9-16(24)7-8-20(17)33-6/h7-9,11,13-15,19,23,26,29,32H,10,12H2,1-6H3,(H,25,30). The number of hydrogen-bond donors (Lipinski definition) is 4. The Bertz CT molecular complexity index is 894.